The Kier molecular flexibility index (Phi) is 8.65. The fourth-order valence-corrected chi connectivity index (χ4v) is 4.46. The van der Waals surface area contributed by atoms with E-state index >= 15 is 0 Å². The number of sulfonamides is 1. The van der Waals surface area contributed by atoms with E-state index in [0.29, 0.717) is 18.8 Å². The highest BCUT2D eigenvalue weighted by atomic mass is 32.2. The van der Waals surface area contributed by atoms with Crippen LogP contribution in [0.15, 0.2) is 47.4 Å². The Morgan fingerprint density at radius 2 is 1.62 bits per heavy atom. The normalized spacial score (nSPS) is 11.0. The Bertz CT molecular complexity index is 1050. The molecule has 0 aliphatic rings. The minimum atomic E-state index is -4.02. The number of likely N-dealkylation sites (N-methyl/N-ethyl adjacent to an activating group) is 2. The molecule has 0 spiro atoms. The lowest BCUT2D eigenvalue weighted by atomic mass is 10.2. The summed E-state index contributed by atoms with van der Waals surface area (Å²) in [6.07, 6.45) is 0.843. The van der Waals surface area contributed by atoms with Gasteiger partial charge in [0.25, 0.3) is 15.9 Å². The topological polar surface area (TPSA) is 96.0 Å². The van der Waals surface area contributed by atoms with Gasteiger partial charge in [0, 0.05) is 31.4 Å². The largest absolute Gasteiger partial charge is 0.495 e. The number of nitrogens with one attached hydrogen (secondary N) is 1. The van der Waals surface area contributed by atoms with E-state index in [-0.39, 0.29) is 28.7 Å². The van der Waals surface area contributed by atoms with E-state index in [0.717, 1.165) is 12.0 Å². The van der Waals surface area contributed by atoms with Gasteiger partial charge in [-0.1, -0.05) is 19.1 Å². The maximum Gasteiger partial charge on any atom is 0.265 e. The van der Waals surface area contributed by atoms with E-state index in [9.17, 15) is 18.0 Å². The van der Waals surface area contributed by atoms with E-state index < -0.39 is 15.9 Å². The van der Waals surface area contributed by atoms with Gasteiger partial charge in [-0.15, -0.1) is 0 Å². The summed E-state index contributed by atoms with van der Waals surface area (Å²) >= 11 is 0. The Hall–Kier alpha value is -3.07. The molecule has 0 unspecified atom stereocenters. The Morgan fingerprint density at radius 3 is 2.16 bits per heavy atom. The highest BCUT2D eigenvalue weighted by molar-refractivity contribution is 7.92. The zero-order valence-corrected chi connectivity index (χ0v) is 20.0. The predicted octanol–water partition coefficient (Wildman–Crippen LogP) is 3.00. The van der Waals surface area contributed by atoms with E-state index in [4.69, 9.17) is 4.74 Å². The molecule has 2 amide bonds. The van der Waals surface area contributed by atoms with Crippen LogP contribution in [0.4, 0.5) is 5.69 Å². The third-order valence-corrected chi connectivity index (χ3v) is 6.55. The van der Waals surface area contributed by atoms with Gasteiger partial charge in [0.2, 0.25) is 5.91 Å². The van der Waals surface area contributed by atoms with Gasteiger partial charge >= 0.3 is 0 Å². The Labute approximate surface area is 190 Å². The van der Waals surface area contributed by atoms with E-state index in [1.165, 1.54) is 37.3 Å². The van der Waals surface area contributed by atoms with Crippen molar-refractivity contribution in [2.75, 3.05) is 38.5 Å². The van der Waals surface area contributed by atoms with Crippen LogP contribution in [0.25, 0.3) is 0 Å². The van der Waals surface area contributed by atoms with Crippen molar-refractivity contribution in [3.63, 3.8) is 0 Å². The summed E-state index contributed by atoms with van der Waals surface area (Å²) in [6, 6.07) is 11.2. The van der Waals surface area contributed by atoms with Gasteiger partial charge in [-0.25, -0.2) is 8.42 Å². The molecule has 2 aromatic carbocycles. The van der Waals surface area contributed by atoms with Crippen molar-refractivity contribution < 1.29 is 22.7 Å². The van der Waals surface area contributed by atoms with Crippen LogP contribution < -0.4 is 9.46 Å². The van der Waals surface area contributed by atoms with Crippen molar-refractivity contribution in [2.45, 2.75) is 32.1 Å². The van der Waals surface area contributed by atoms with Gasteiger partial charge < -0.3 is 14.5 Å². The zero-order valence-electron chi connectivity index (χ0n) is 19.2. The number of carbonyl (C=O) groups is 2. The van der Waals surface area contributed by atoms with Crippen LogP contribution in [0.5, 0.6) is 5.75 Å². The first kappa shape index (κ1) is 25.2. The summed E-state index contributed by atoms with van der Waals surface area (Å²) in [5.74, 6) is -0.526. The van der Waals surface area contributed by atoms with Crippen LogP contribution in [-0.2, 0) is 21.2 Å². The number of hydrogen-bond donors (Lipinski definition) is 1. The molecule has 9 heteroatoms. The van der Waals surface area contributed by atoms with E-state index in [2.05, 4.69) is 4.72 Å². The van der Waals surface area contributed by atoms with Crippen molar-refractivity contribution in [3.8, 4) is 5.75 Å². The van der Waals surface area contributed by atoms with Crippen LogP contribution in [0.1, 0.15) is 36.7 Å². The number of aryl methyl sites for hydroxylation is 1. The van der Waals surface area contributed by atoms with Gasteiger partial charge in [0.15, 0.2) is 0 Å². The molecular formula is C23H31N3O5S. The van der Waals surface area contributed by atoms with Crippen LogP contribution in [0.2, 0.25) is 0 Å². The first-order chi connectivity index (χ1) is 15.2. The van der Waals surface area contributed by atoms with Gasteiger partial charge in [-0.2, -0.15) is 0 Å². The first-order valence-corrected chi connectivity index (χ1v) is 12.0. The fraction of sp³-hybridized carbons (Fsp3) is 0.391. The Morgan fingerprint density at radius 1 is 1.00 bits per heavy atom. The maximum atomic E-state index is 13.0. The summed E-state index contributed by atoms with van der Waals surface area (Å²) in [5.41, 5.74) is 1.63. The van der Waals surface area contributed by atoms with Crippen molar-refractivity contribution in [1.82, 2.24) is 9.80 Å². The average molecular weight is 462 g/mol. The van der Waals surface area contributed by atoms with E-state index in [1.54, 1.807) is 17.0 Å². The van der Waals surface area contributed by atoms with Gasteiger partial charge in [0.05, 0.1) is 13.7 Å². The molecule has 0 saturated heterocycles. The lowest BCUT2D eigenvalue weighted by Gasteiger charge is -2.23. The smallest absolute Gasteiger partial charge is 0.265 e. The second-order valence-electron chi connectivity index (χ2n) is 7.25. The summed E-state index contributed by atoms with van der Waals surface area (Å²) in [4.78, 5) is 28.0. The molecule has 0 aromatic heterocycles. The second kappa shape index (κ2) is 11.0. The summed E-state index contributed by atoms with van der Waals surface area (Å²) < 4.78 is 33.8. The number of nitrogens with zero attached hydrogens (tertiary/aromatic N) is 2. The molecule has 0 fully saturated rings. The number of rotatable bonds is 10. The van der Waals surface area contributed by atoms with Crippen LogP contribution >= 0.6 is 0 Å². The van der Waals surface area contributed by atoms with Crippen LogP contribution in [0, 0.1) is 0 Å². The highest BCUT2D eigenvalue weighted by Gasteiger charge is 2.24. The molecule has 0 bridgehead atoms. The highest BCUT2D eigenvalue weighted by Crippen LogP contribution is 2.27. The predicted molar refractivity (Wildman–Crippen MR) is 125 cm³/mol. The lowest BCUT2D eigenvalue weighted by Crippen LogP contribution is -2.41. The van der Waals surface area contributed by atoms with Crippen LogP contribution in [-0.4, -0.2) is 63.8 Å². The van der Waals surface area contributed by atoms with Gasteiger partial charge in [-0.3, -0.25) is 14.3 Å². The molecule has 2 rings (SSSR count). The molecule has 0 aliphatic carbocycles. The number of ether oxygens (including phenoxy) is 1. The molecule has 8 nitrogen and oxygen atoms in total. The number of methoxy groups -OCH3 is 1. The number of benzene rings is 2. The molecular weight excluding hydrogens is 430 g/mol. The first-order valence-electron chi connectivity index (χ1n) is 10.5. The van der Waals surface area contributed by atoms with Crippen LogP contribution in [0.3, 0.4) is 0 Å². The molecule has 174 valence electrons. The molecule has 0 radical (unpaired) electrons. The maximum absolute atomic E-state index is 13.0. The molecule has 0 aliphatic heterocycles. The van der Waals surface area contributed by atoms with Crippen molar-refractivity contribution >= 4 is 27.5 Å². The fourth-order valence-electron chi connectivity index (χ4n) is 3.21. The van der Waals surface area contributed by atoms with Crippen molar-refractivity contribution in [3.05, 3.63) is 53.6 Å². The summed E-state index contributed by atoms with van der Waals surface area (Å²) in [7, 11) is -1.15. The Balaban J connectivity index is 2.30. The van der Waals surface area contributed by atoms with Gasteiger partial charge in [0.1, 0.15) is 10.6 Å². The minimum absolute atomic E-state index is 0.101. The molecule has 32 heavy (non-hydrogen) atoms. The average Bonchev–Trinajstić information content (AvgIpc) is 2.79. The monoisotopic (exact) mass is 461 g/mol. The molecule has 1 N–H and O–H groups in total. The van der Waals surface area contributed by atoms with Gasteiger partial charge in [-0.05, 0) is 56.2 Å². The minimum Gasteiger partial charge on any atom is -0.495 e. The number of anilines is 1. The third-order valence-electron chi connectivity index (χ3n) is 5.15. The zero-order chi connectivity index (χ0) is 23.9. The van der Waals surface area contributed by atoms with Crippen molar-refractivity contribution in [2.24, 2.45) is 0 Å². The molecule has 0 atom stereocenters. The van der Waals surface area contributed by atoms with E-state index in [1.807, 2.05) is 32.9 Å². The quantitative estimate of drug-likeness (QED) is 0.587. The van der Waals surface area contributed by atoms with Crippen molar-refractivity contribution in [1.29, 1.82) is 0 Å². The molecule has 0 heterocycles. The summed E-state index contributed by atoms with van der Waals surface area (Å²) in [5, 5.41) is 0. The number of hydrogen-bond acceptors (Lipinski definition) is 5. The standard InChI is InChI=1S/C23H31N3O5S/c1-6-17-9-12-19(13-10-17)24-32(29,30)21-15-18(11-14-20(21)31-5)23(28)25(4)16-22(27)26(7-2)8-3/h9-15,24H,6-8,16H2,1-5H3. The number of amides is 2. The molecule has 0 saturated carbocycles. The number of carbonyl (C=O) groups excluding carboxylic acids is 2. The third kappa shape index (κ3) is 6.00. The lowest BCUT2D eigenvalue weighted by molar-refractivity contribution is -0.131. The SMILES string of the molecule is CCc1ccc(NS(=O)(=O)c2cc(C(=O)N(C)CC(=O)N(CC)CC)ccc2OC)cc1. The molecule has 2 aromatic rings. The summed E-state index contributed by atoms with van der Waals surface area (Å²) in [6.45, 7) is 6.75. The second-order valence-corrected chi connectivity index (χ2v) is 8.90.